The van der Waals surface area contributed by atoms with Crippen molar-refractivity contribution in [2.75, 3.05) is 31.1 Å². The molecule has 2 aliphatic heterocycles. The van der Waals surface area contributed by atoms with Gasteiger partial charge >= 0.3 is 0 Å². The van der Waals surface area contributed by atoms with Crippen LogP contribution in [0.2, 0.25) is 5.02 Å². The highest BCUT2D eigenvalue weighted by Gasteiger charge is 2.29. The number of primary amides is 1. The summed E-state index contributed by atoms with van der Waals surface area (Å²) in [7, 11) is 0. The zero-order valence-corrected chi connectivity index (χ0v) is 13.8. The van der Waals surface area contributed by atoms with E-state index in [2.05, 4.69) is 4.98 Å². The maximum atomic E-state index is 12.5. The number of carbonyl (C=O) groups is 2. The average molecular weight is 337 g/mol. The molecule has 0 aromatic carbocycles. The molecule has 0 spiro atoms. The summed E-state index contributed by atoms with van der Waals surface area (Å²) in [6.07, 6.45) is 5.57. The van der Waals surface area contributed by atoms with Gasteiger partial charge in [-0.25, -0.2) is 4.98 Å². The van der Waals surface area contributed by atoms with Crippen molar-refractivity contribution >= 4 is 29.2 Å². The third-order valence-corrected chi connectivity index (χ3v) is 4.88. The molecule has 0 saturated carbocycles. The molecule has 1 aromatic heterocycles. The van der Waals surface area contributed by atoms with Crippen molar-refractivity contribution in [2.24, 2.45) is 11.7 Å². The van der Waals surface area contributed by atoms with Crippen molar-refractivity contribution in [2.45, 2.75) is 25.7 Å². The smallest absolute Gasteiger partial charge is 0.255 e. The third-order valence-electron chi connectivity index (χ3n) is 4.60. The second-order valence-corrected chi connectivity index (χ2v) is 6.62. The summed E-state index contributed by atoms with van der Waals surface area (Å²) in [6.45, 7) is 2.82. The van der Waals surface area contributed by atoms with E-state index < -0.39 is 0 Å². The summed E-state index contributed by atoms with van der Waals surface area (Å²) in [5.74, 6) is 0.149. The van der Waals surface area contributed by atoms with Gasteiger partial charge in [0.2, 0.25) is 5.91 Å². The van der Waals surface area contributed by atoms with Gasteiger partial charge in [0, 0.05) is 32.4 Å². The molecule has 7 heteroatoms. The molecule has 0 radical (unpaired) electrons. The molecule has 3 heterocycles. The molecule has 2 N–H and O–H groups in total. The highest BCUT2D eigenvalue weighted by atomic mass is 35.5. The van der Waals surface area contributed by atoms with Crippen LogP contribution in [-0.4, -0.2) is 47.9 Å². The van der Waals surface area contributed by atoms with Gasteiger partial charge in [0.25, 0.3) is 5.91 Å². The molecule has 2 aliphatic rings. The number of carbonyl (C=O) groups excluding carboxylic acids is 2. The van der Waals surface area contributed by atoms with E-state index in [9.17, 15) is 9.59 Å². The molecular weight excluding hydrogens is 316 g/mol. The lowest BCUT2D eigenvalue weighted by Gasteiger charge is -2.27. The van der Waals surface area contributed by atoms with Crippen LogP contribution in [0.25, 0.3) is 0 Å². The Bertz CT molecular complexity index is 616. The van der Waals surface area contributed by atoms with Crippen molar-refractivity contribution in [3.63, 3.8) is 0 Å². The highest BCUT2D eigenvalue weighted by Crippen LogP contribution is 2.29. The molecule has 6 nitrogen and oxygen atoms in total. The molecule has 0 aliphatic carbocycles. The number of pyridine rings is 1. The van der Waals surface area contributed by atoms with E-state index in [1.165, 1.54) is 6.42 Å². The topological polar surface area (TPSA) is 79.5 Å². The fraction of sp³-hybridized carbons (Fsp3) is 0.562. The molecule has 23 heavy (non-hydrogen) atoms. The molecule has 0 bridgehead atoms. The van der Waals surface area contributed by atoms with Gasteiger partial charge in [0.15, 0.2) is 0 Å². The Morgan fingerprint density at radius 3 is 2.57 bits per heavy atom. The lowest BCUT2D eigenvalue weighted by molar-refractivity contribution is -0.121. The molecule has 3 rings (SSSR count). The fourth-order valence-corrected chi connectivity index (χ4v) is 3.53. The number of amides is 2. The number of nitrogens with two attached hydrogens (primary N) is 1. The SMILES string of the molecule is NC(=O)C1CCN(c2ncc(C(=O)N3CCCCC3)cc2Cl)C1. The predicted molar refractivity (Wildman–Crippen MR) is 88.5 cm³/mol. The Hall–Kier alpha value is -1.82. The fourth-order valence-electron chi connectivity index (χ4n) is 3.24. The molecule has 2 saturated heterocycles. The van der Waals surface area contributed by atoms with Crippen LogP contribution in [0.3, 0.4) is 0 Å². The van der Waals surface area contributed by atoms with E-state index >= 15 is 0 Å². The lowest BCUT2D eigenvalue weighted by Crippen LogP contribution is -2.35. The highest BCUT2D eigenvalue weighted by molar-refractivity contribution is 6.33. The van der Waals surface area contributed by atoms with Crippen LogP contribution in [0.15, 0.2) is 12.3 Å². The first-order chi connectivity index (χ1) is 11.1. The van der Waals surface area contributed by atoms with Gasteiger partial charge in [-0.3, -0.25) is 9.59 Å². The first-order valence-electron chi connectivity index (χ1n) is 8.05. The number of hydrogen-bond donors (Lipinski definition) is 1. The maximum Gasteiger partial charge on any atom is 0.255 e. The van der Waals surface area contributed by atoms with Gasteiger partial charge in [-0.1, -0.05) is 11.6 Å². The number of hydrogen-bond acceptors (Lipinski definition) is 4. The largest absolute Gasteiger partial charge is 0.369 e. The molecular formula is C16H21ClN4O2. The number of aromatic nitrogens is 1. The van der Waals surface area contributed by atoms with E-state index in [0.717, 1.165) is 25.9 Å². The van der Waals surface area contributed by atoms with Crippen molar-refractivity contribution < 1.29 is 9.59 Å². The first kappa shape index (κ1) is 16.1. The summed E-state index contributed by atoms with van der Waals surface area (Å²) < 4.78 is 0. The van der Waals surface area contributed by atoms with Crippen LogP contribution < -0.4 is 10.6 Å². The van der Waals surface area contributed by atoms with Crippen molar-refractivity contribution in [1.29, 1.82) is 0 Å². The molecule has 2 fully saturated rings. The van der Waals surface area contributed by atoms with Crippen molar-refractivity contribution in [3.8, 4) is 0 Å². The first-order valence-corrected chi connectivity index (χ1v) is 8.43. The summed E-state index contributed by atoms with van der Waals surface area (Å²) in [5, 5.41) is 0.443. The molecule has 1 aromatic rings. The van der Waals surface area contributed by atoms with E-state index in [0.29, 0.717) is 35.9 Å². The zero-order valence-electron chi connectivity index (χ0n) is 13.0. The Balaban J connectivity index is 1.73. The van der Waals surface area contributed by atoms with E-state index in [1.54, 1.807) is 12.3 Å². The monoisotopic (exact) mass is 336 g/mol. The van der Waals surface area contributed by atoms with Gasteiger partial charge in [-0.05, 0) is 31.7 Å². The van der Waals surface area contributed by atoms with Gasteiger partial charge in [-0.15, -0.1) is 0 Å². The summed E-state index contributed by atoms with van der Waals surface area (Å²) in [5.41, 5.74) is 5.87. The Morgan fingerprint density at radius 2 is 1.96 bits per heavy atom. The molecule has 2 amide bonds. The minimum atomic E-state index is -0.291. The molecule has 1 atom stereocenters. The summed E-state index contributed by atoms with van der Waals surface area (Å²) in [6, 6.07) is 1.68. The second-order valence-electron chi connectivity index (χ2n) is 6.22. The summed E-state index contributed by atoms with van der Waals surface area (Å²) in [4.78, 5) is 31.9. The van der Waals surface area contributed by atoms with Crippen molar-refractivity contribution in [3.05, 3.63) is 22.8 Å². The second kappa shape index (κ2) is 6.74. The van der Waals surface area contributed by atoms with Crippen LogP contribution in [0.4, 0.5) is 5.82 Å². The Kier molecular flexibility index (Phi) is 4.71. The van der Waals surface area contributed by atoms with E-state index in [1.807, 2.05) is 9.80 Å². The standard InChI is InChI=1S/C16H21ClN4O2/c17-13-8-12(16(23)20-5-2-1-3-6-20)9-19-15(13)21-7-4-11(10-21)14(18)22/h8-9,11H,1-7,10H2,(H2,18,22). The van der Waals surface area contributed by atoms with Gasteiger partial charge in [0.05, 0.1) is 16.5 Å². The number of likely N-dealkylation sites (tertiary alicyclic amines) is 1. The van der Waals surface area contributed by atoms with Gasteiger partial charge in [0.1, 0.15) is 5.82 Å². The minimum Gasteiger partial charge on any atom is -0.369 e. The Morgan fingerprint density at radius 1 is 1.22 bits per heavy atom. The zero-order chi connectivity index (χ0) is 16.4. The average Bonchev–Trinajstić information content (AvgIpc) is 3.05. The van der Waals surface area contributed by atoms with E-state index in [4.69, 9.17) is 17.3 Å². The normalized spacial score (nSPS) is 21.5. The minimum absolute atomic E-state index is 0.0120. The predicted octanol–water partition coefficient (Wildman–Crippen LogP) is 1.67. The number of halogens is 1. The quantitative estimate of drug-likeness (QED) is 0.910. The van der Waals surface area contributed by atoms with Crippen LogP contribution in [0, 0.1) is 5.92 Å². The van der Waals surface area contributed by atoms with Crippen LogP contribution >= 0.6 is 11.6 Å². The number of anilines is 1. The van der Waals surface area contributed by atoms with Gasteiger partial charge < -0.3 is 15.5 Å². The number of piperidine rings is 1. The lowest BCUT2D eigenvalue weighted by atomic mass is 10.1. The molecule has 1 unspecified atom stereocenters. The third kappa shape index (κ3) is 3.42. The van der Waals surface area contributed by atoms with E-state index in [-0.39, 0.29) is 17.7 Å². The summed E-state index contributed by atoms with van der Waals surface area (Å²) >= 11 is 6.33. The molecule has 124 valence electrons. The van der Waals surface area contributed by atoms with Gasteiger partial charge in [-0.2, -0.15) is 0 Å². The Labute approximate surface area is 140 Å². The maximum absolute atomic E-state index is 12.5. The van der Waals surface area contributed by atoms with Crippen molar-refractivity contribution in [1.82, 2.24) is 9.88 Å². The van der Waals surface area contributed by atoms with Crippen LogP contribution in [0.1, 0.15) is 36.0 Å². The number of nitrogens with zero attached hydrogens (tertiary/aromatic N) is 3. The van der Waals surface area contributed by atoms with Crippen LogP contribution in [0.5, 0.6) is 0 Å². The number of rotatable bonds is 3. The van der Waals surface area contributed by atoms with Crippen LogP contribution in [-0.2, 0) is 4.79 Å².